The summed E-state index contributed by atoms with van der Waals surface area (Å²) < 4.78 is 25.1. The zero-order chi connectivity index (χ0) is 21.5. The minimum Gasteiger partial charge on any atom is -0.481 e. The van der Waals surface area contributed by atoms with Gasteiger partial charge >= 0.3 is 5.97 Å². The second-order valence-corrected chi connectivity index (χ2v) is 10.5. The van der Waals surface area contributed by atoms with Crippen molar-refractivity contribution in [3.05, 3.63) is 0 Å². The summed E-state index contributed by atoms with van der Waals surface area (Å²) in [5.41, 5.74) is -0.410. The molecular formula is C24H40O6. The molecule has 0 aromatic carbocycles. The molecule has 4 fully saturated rings. The molecule has 0 bridgehead atoms. The van der Waals surface area contributed by atoms with Crippen LogP contribution in [0, 0.1) is 35.5 Å². The Morgan fingerprint density at radius 1 is 1.00 bits per heavy atom. The monoisotopic (exact) mass is 424 g/mol. The highest BCUT2D eigenvalue weighted by Crippen LogP contribution is 2.52. The van der Waals surface area contributed by atoms with E-state index in [0.717, 1.165) is 12.3 Å². The largest absolute Gasteiger partial charge is 0.481 e. The van der Waals surface area contributed by atoms with Crippen LogP contribution in [0.2, 0.25) is 0 Å². The molecule has 2 heterocycles. The third-order valence-electron chi connectivity index (χ3n) is 8.82. The predicted molar refractivity (Wildman–Crippen MR) is 112 cm³/mol. The summed E-state index contributed by atoms with van der Waals surface area (Å²) in [4.78, 5) is 11.3. The fourth-order valence-electron chi connectivity index (χ4n) is 6.67. The number of rotatable bonds is 5. The van der Waals surface area contributed by atoms with Crippen LogP contribution < -0.4 is 0 Å². The van der Waals surface area contributed by atoms with E-state index in [2.05, 4.69) is 20.8 Å². The molecule has 2 aliphatic heterocycles. The highest BCUT2D eigenvalue weighted by Gasteiger charge is 2.53. The Morgan fingerprint density at radius 3 is 2.37 bits per heavy atom. The van der Waals surface area contributed by atoms with Gasteiger partial charge < -0.3 is 24.1 Å². The standard InChI is InChI=1S/C24H40O6/c1-14-5-7-19-16(3)22(30-23-20(19)18(14)8-6-15(2)29-23)28-13-24(27-4)11-9-17(10-12-24)21(25)26/h14-20,22-23H,5-13H2,1-4H3,(H,25,26)/t14-,15?,16-,17?,18+,19+,20?,22+,23+,24?/m1/s1. The van der Waals surface area contributed by atoms with Gasteiger partial charge in [0.05, 0.1) is 24.2 Å². The molecule has 4 rings (SSSR count). The van der Waals surface area contributed by atoms with Gasteiger partial charge in [0.15, 0.2) is 12.6 Å². The van der Waals surface area contributed by atoms with Crippen molar-refractivity contribution in [1.29, 1.82) is 0 Å². The van der Waals surface area contributed by atoms with Crippen molar-refractivity contribution >= 4 is 5.97 Å². The van der Waals surface area contributed by atoms with Crippen LogP contribution in [0.25, 0.3) is 0 Å². The highest BCUT2D eigenvalue weighted by atomic mass is 16.8. The third-order valence-corrected chi connectivity index (χ3v) is 8.82. The van der Waals surface area contributed by atoms with Crippen molar-refractivity contribution in [2.75, 3.05) is 13.7 Å². The van der Waals surface area contributed by atoms with Gasteiger partial charge in [-0.15, -0.1) is 0 Å². The molecule has 2 saturated heterocycles. The molecule has 0 aromatic heterocycles. The van der Waals surface area contributed by atoms with Crippen LogP contribution in [0.1, 0.15) is 72.1 Å². The second-order valence-electron chi connectivity index (χ2n) is 10.5. The van der Waals surface area contributed by atoms with Crippen LogP contribution in [-0.2, 0) is 23.7 Å². The molecule has 2 aliphatic carbocycles. The van der Waals surface area contributed by atoms with Crippen molar-refractivity contribution < 1.29 is 28.8 Å². The van der Waals surface area contributed by atoms with E-state index in [9.17, 15) is 9.90 Å². The van der Waals surface area contributed by atoms with E-state index in [1.807, 2.05) is 0 Å². The van der Waals surface area contributed by atoms with E-state index < -0.39 is 11.6 Å². The molecule has 1 N–H and O–H groups in total. The lowest BCUT2D eigenvalue weighted by molar-refractivity contribution is -0.340. The summed E-state index contributed by atoms with van der Waals surface area (Å²) in [6.07, 6.45) is 7.30. The van der Waals surface area contributed by atoms with Gasteiger partial charge in [0.25, 0.3) is 0 Å². The number of ether oxygens (including phenoxy) is 4. The van der Waals surface area contributed by atoms with E-state index in [-0.39, 0.29) is 24.6 Å². The maximum atomic E-state index is 11.3. The predicted octanol–water partition coefficient (Wildman–Crippen LogP) is 4.46. The Morgan fingerprint density at radius 2 is 1.70 bits per heavy atom. The number of hydrogen-bond acceptors (Lipinski definition) is 5. The van der Waals surface area contributed by atoms with Gasteiger partial charge in [-0.25, -0.2) is 0 Å². The number of carbonyl (C=O) groups is 1. The van der Waals surface area contributed by atoms with Crippen molar-refractivity contribution in [2.45, 2.75) is 96.4 Å². The lowest BCUT2D eigenvalue weighted by Crippen LogP contribution is -2.54. The van der Waals surface area contributed by atoms with Crippen LogP contribution >= 0.6 is 0 Å². The molecule has 6 heteroatoms. The van der Waals surface area contributed by atoms with Crippen molar-refractivity contribution in [3.63, 3.8) is 0 Å². The van der Waals surface area contributed by atoms with Crippen LogP contribution in [-0.4, -0.2) is 49.1 Å². The Labute approximate surface area is 181 Å². The van der Waals surface area contributed by atoms with E-state index in [1.165, 1.54) is 19.3 Å². The minimum atomic E-state index is -0.698. The second kappa shape index (κ2) is 9.05. The molecule has 2 saturated carbocycles. The summed E-state index contributed by atoms with van der Waals surface area (Å²) in [7, 11) is 1.72. The minimum absolute atomic E-state index is 0.178. The maximum absolute atomic E-state index is 11.3. The highest BCUT2D eigenvalue weighted by molar-refractivity contribution is 5.70. The molecule has 172 valence electrons. The van der Waals surface area contributed by atoms with Crippen molar-refractivity contribution in [2.24, 2.45) is 35.5 Å². The normalized spacial score (nSPS) is 49.1. The van der Waals surface area contributed by atoms with Gasteiger partial charge in [0.1, 0.15) is 0 Å². The summed E-state index contributed by atoms with van der Waals surface area (Å²) in [6, 6.07) is 0. The van der Waals surface area contributed by atoms with Gasteiger partial charge in [-0.1, -0.05) is 20.3 Å². The first-order chi connectivity index (χ1) is 14.3. The van der Waals surface area contributed by atoms with Crippen LogP contribution in [0.4, 0.5) is 0 Å². The fourth-order valence-corrected chi connectivity index (χ4v) is 6.67. The summed E-state index contributed by atoms with van der Waals surface area (Å²) in [5.74, 6) is 1.81. The average Bonchev–Trinajstić information content (AvgIpc) is 2.90. The fraction of sp³-hybridized carbons (Fsp3) is 0.958. The first-order valence-corrected chi connectivity index (χ1v) is 12.0. The van der Waals surface area contributed by atoms with E-state index in [1.54, 1.807) is 7.11 Å². The van der Waals surface area contributed by atoms with E-state index >= 15 is 0 Å². The quantitative estimate of drug-likeness (QED) is 0.702. The molecular weight excluding hydrogens is 384 g/mol. The summed E-state index contributed by atoms with van der Waals surface area (Å²) in [6.45, 7) is 7.28. The number of methoxy groups -OCH3 is 1. The lowest BCUT2D eigenvalue weighted by Gasteiger charge is -2.52. The number of carboxylic acids is 1. The molecule has 0 aromatic rings. The molecule has 2 unspecified atom stereocenters. The van der Waals surface area contributed by atoms with E-state index in [4.69, 9.17) is 18.9 Å². The Balaban J connectivity index is 1.43. The number of carboxylic acid groups (broad SMARTS) is 1. The van der Waals surface area contributed by atoms with Crippen molar-refractivity contribution in [1.82, 2.24) is 0 Å². The maximum Gasteiger partial charge on any atom is 0.306 e. The van der Waals surface area contributed by atoms with Crippen molar-refractivity contribution in [3.8, 4) is 0 Å². The lowest BCUT2D eigenvalue weighted by atomic mass is 9.61. The number of hydrogen-bond donors (Lipinski definition) is 1. The molecule has 0 spiro atoms. The average molecular weight is 425 g/mol. The third kappa shape index (κ3) is 4.30. The van der Waals surface area contributed by atoms with Gasteiger partial charge in [0, 0.05) is 18.9 Å². The smallest absolute Gasteiger partial charge is 0.306 e. The Hall–Kier alpha value is -0.690. The SMILES string of the molecule is COC1(CO[C@H]2O[C@@H]3OC(C)CC[C@@H]4C3[C@@H](CC[C@H]4C)[C@H]2C)CCC(C(=O)O)CC1. The topological polar surface area (TPSA) is 74.2 Å². The van der Waals surface area contributed by atoms with Gasteiger partial charge in [0.2, 0.25) is 0 Å². The zero-order valence-corrected chi connectivity index (χ0v) is 19.0. The number of aliphatic carboxylic acids is 1. The zero-order valence-electron chi connectivity index (χ0n) is 19.0. The Kier molecular flexibility index (Phi) is 6.79. The summed E-state index contributed by atoms with van der Waals surface area (Å²) in [5, 5.41) is 9.30. The van der Waals surface area contributed by atoms with Gasteiger partial charge in [-0.3, -0.25) is 4.79 Å². The molecule has 4 aliphatic rings. The Bertz CT molecular complexity index is 601. The van der Waals surface area contributed by atoms with E-state index in [0.29, 0.717) is 56.0 Å². The van der Waals surface area contributed by atoms with Gasteiger partial charge in [-0.05, 0) is 69.6 Å². The summed E-state index contributed by atoms with van der Waals surface area (Å²) >= 11 is 0. The molecule has 0 amide bonds. The molecule has 6 nitrogen and oxygen atoms in total. The molecule has 8 atom stereocenters. The van der Waals surface area contributed by atoms with Crippen LogP contribution in [0.3, 0.4) is 0 Å². The van der Waals surface area contributed by atoms with Gasteiger partial charge in [-0.2, -0.15) is 0 Å². The first kappa shape index (κ1) is 22.5. The van der Waals surface area contributed by atoms with Crippen LogP contribution in [0.5, 0.6) is 0 Å². The van der Waals surface area contributed by atoms with Crippen LogP contribution in [0.15, 0.2) is 0 Å². The molecule has 30 heavy (non-hydrogen) atoms. The molecule has 0 radical (unpaired) electrons. The first-order valence-electron chi connectivity index (χ1n) is 12.0.